The molecular weight excluding hydrogens is 376 g/mol. The van der Waals surface area contributed by atoms with Crippen molar-refractivity contribution in [3.8, 4) is 0 Å². The minimum atomic E-state index is -3.54. The first kappa shape index (κ1) is 17.4. The van der Waals surface area contributed by atoms with Gasteiger partial charge in [-0.25, -0.2) is 8.42 Å². The van der Waals surface area contributed by atoms with Crippen LogP contribution >= 0.6 is 27.3 Å². The van der Waals surface area contributed by atoms with E-state index in [0.717, 1.165) is 17.7 Å². The number of ether oxygens (including phenoxy) is 1. The van der Waals surface area contributed by atoms with Gasteiger partial charge in [0, 0.05) is 31.1 Å². The Bertz CT molecular complexity index is 584. The van der Waals surface area contributed by atoms with Gasteiger partial charge < -0.3 is 10.5 Å². The van der Waals surface area contributed by atoms with E-state index in [1.165, 1.54) is 11.3 Å². The fourth-order valence-corrected chi connectivity index (χ4v) is 6.53. The Morgan fingerprint density at radius 1 is 1.57 bits per heavy atom. The number of rotatable bonds is 8. The van der Waals surface area contributed by atoms with Gasteiger partial charge in [0.15, 0.2) is 0 Å². The maximum atomic E-state index is 13.0. The molecule has 0 saturated heterocycles. The molecule has 1 aliphatic rings. The van der Waals surface area contributed by atoms with Crippen LogP contribution in [0, 0.1) is 5.92 Å². The maximum absolute atomic E-state index is 13.0. The molecule has 8 heteroatoms. The monoisotopic (exact) mass is 396 g/mol. The maximum Gasteiger partial charge on any atom is 0.245 e. The van der Waals surface area contributed by atoms with Crippen molar-refractivity contribution in [2.45, 2.75) is 37.2 Å². The number of methoxy groups -OCH3 is 1. The molecule has 0 aliphatic heterocycles. The summed E-state index contributed by atoms with van der Waals surface area (Å²) in [5.41, 5.74) is 5.61. The molecule has 120 valence electrons. The third-order valence-electron chi connectivity index (χ3n) is 3.77. The predicted octanol–water partition coefficient (Wildman–Crippen LogP) is 2.40. The SMILES string of the molecule is COCCN(C(C)C1CC1)S(=O)(=O)c1cc(CN)sc1Br. The van der Waals surface area contributed by atoms with E-state index in [-0.39, 0.29) is 6.04 Å². The van der Waals surface area contributed by atoms with Crippen molar-refractivity contribution >= 4 is 37.3 Å². The summed E-state index contributed by atoms with van der Waals surface area (Å²) in [6.45, 7) is 3.09. The summed E-state index contributed by atoms with van der Waals surface area (Å²) in [6, 6.07) is 1.67. The van der Waals surface area contributed by atoms with Crippen molar-refractivity contribution in [1.82, 2.24) is 4.31 Å². The predicted molar refractivity (Wildman–Crippen MR) is 87.9 cm³/mol. The standard InChI is InChI=1S/C13H21BrN2O3S2/c1-9(10-3-4-10)16(5-6-19-2)21(17,18)12-7-11(8-15)20-13(12)14/h7,9-10H,3-6,8,15H2,1-2H3. The second-order valence-electron chi connectivity index (χ2n) is 5.24. The highest BCUT2D eigenvalue weighted by Gasteiger charge is 2.39. The molecule has 0 radical (unpaired) electrons. The van der Waals surface area contributed by atoms with Gasteiger partial charge in [0.05, 0.1) is 10.4 Å². The molecule has 0 aromatic carbocycles. The summed E-state index contributed by atoms with van der Waals surface area (Å²) < 4.78 is 33.2. The van der Waals surface area contributed by atoms with E-state index in [9.17, 15) is 8.42 Å². The lowest BCUT2D eigenvalue weighted by molar-refractivity contribution is 0.164. The second-order valence-corrected chi connectivity index (χ2v) is 9.56. The van der Waals surface area contributed by atoms with Crippen molar-refractivity contribution < 1.29 is 13.2 Å². The largest absolute Gasteiger partial charge is 0.383 e. The molecule has 1 fully saturated rings. The van der Waals surface area contributed by atoms with Crippen molar-refractivity contribution in [3.63, 3.8) is 0 Å². The van der Waals surface area contributed by atoms with Crippen molar-refractivity contribution in [2.75, 3.05) is 20.3 Å². The molecule has 0 bridgehead atoms. The first-order chi connectivity index (χ1) is 9.91. The molecule has 1 aromatic rings. The lowest BCUT2D eigenvalue weighted by Gasteiger charge is -2.28. The normalized spacial score (nSPS) is 17.4. The second kappa shape index (κ2) is 7.06. The summed E-state index contributed by atoms with van der Waals surface area (Å²) in [6.07, 6.45) is 2.19. The van der Waals surface area contributed by atoms with E-state index in [0.29, 0.717) is 34.3 Å². The van der Waals surface area contributed by atoms with Gasteiger partial charge >= 0.3 is 0 Å². The number of hydrogen-bond donors (Lipinski definition) is 1. The van der Waals surface area contributed by atoms with E-state index < -0.39 is 10.0 Å². The van der Waals surface area contributed by atoms with E-state index in [4.69, 9.17) is 10.5 Å². The van der Waals surface area contributed by atoms with Crippen LogP contribution in [-0.4, -0.2) is 39.0 Å². The van der Waals surface area contributed by atoms with Crippen molar-refractivity contribution in [3.05, 3.63) is 14.7 Å². The molecule has 1 heterocycles. The molecule has 0 spiro atoms. The zero-order valence-electron chi connectivity index (χ0n) is 12.2. The molecule has 1 saturated carbocycles. The Morgan fingerprint density at radius 3 is 2.71 bits per heavy atom. The Balaban J connectivity index is 2.32. The molecule has 2 N–H and O–H groups in total. The zero-order valence-corrected chi connectivity index (χ0v) is 15.4. The Labute approximate surface area is 138 Å². The lowest BCUT2D eigenvalue weighted by atomic mass is 10.2. The minimum Gasteiger partial charge on any atom is -0.383 e. The molecule has 1 unspecified atom stereocenters. The van der Waals surface area contributed by atoms with Gasteiger partial charge in [-0.1, -0.05) is 0 Å². The fourth-order valence-electron chi connectivity index (χ4n) is 2.34. The smallest absolute Gasteiger partial charge is 0.245 e. The van der Waals surface area contributed by atoms with Gasteiger partial charge in [0.2, 0.25) is 10.0 Å². The first-order valence-corrected chi connectivity index (χ1v) is 9.95. The Morgan fingerprint density at radius 2 is 2.24 bits per heavy atom. The van der Waals surface area contributed by atoms with E-state index in [1.807, 2.05) is 6.92 Å². The van der Waals surface area contributed by atoms with Gasteiger partial charge in [-0.15, -0.1) is 11.3 Å². The molecule has 1 atom stereocenters. The van der Waals surface area contributed by atoms with Crippen LogP contribution in [0.5, 0.6) is 0 Å². The lowest BCUT2D eigenvalue weighted by Crippen LogP contribution is -2.41. The van der Waals surface area contributed by atoms with Crippen LogP contribution in [0.4, 0.5) is 0 Å². The van der Waals surface area contributed by atoms with E-state index in [2.05, 4.69) is 15.9 Å². The molecule has 0 amide bonds. The Hall–Kier alpha value is 0.01000. The zero-order chi connectivity index (χ0) is 15.6. The highest BCUT2D eigenvalue weighted by atomic mass is 79.9. The molecule has 5 nitrogen and oxygen atoms in total. The summed E-state index contributed by atoms with van der Waals surface area (Å²) in [5.74, 6) is 0.461. The number of nitrogens with two attached hydrogens (primary N) is 1. The van der Waals surface area contributed by atoms with Crippen LogP contribution in [0.3, 0.4) is 0 Å². The number of sulfonamides is 1. The number of nitrogens with zero attached hydrogens (tertiary/aromatic N) is 1. The van der Waals surface area contributed by atoms with Crippen LogP contribution < -0.4 is 5.73 Å². The molecular formula is C13H21BrN2O3S2. The van der Waals surface area contributed by atoms with Crippen LogP contribution in [0.15, 0.2) is 14.7 Å². The quantitative estimate of drug-likeness (QED) is 0.731. The van der Waals surface area contributed by atoms with Crippen LogP contribution in [0.25, 0.3) is 0 Å². The average Bonchev–Trinajstić information content (AvgIpc) is 3.21. The molecule has 1 aliphatic carbocycles. The van der Waals surface area contributed by atoms with Gasteiger partial charge in [0.1, 0.15) is 4.90 Å². The summed E-state index contributed by atoms with van der Waals surface area (Å²) in [5, 5.41) is 0. The summed E-state index contributed by atoms with van der Waals surface area (Å²) >= 11 is 4.73. The van der Waals surface area contributed by atoms with Crippen molar-refractivity contribution in [1.29, 1.82) is 0 Å². The van der Waals surface area contributed by atoms with Crippen LogP contribution in [-0.2, 0) is 21.3 Å². The molecule has 21 heavy (non-hydrogen) atoms. The van der Waals surface area contributed by atoms with Crippen molar-refractivity contribution in [2.24, 2.45) is 11.7 Å². The molecule has 1 aromatic heterocycles. The minimum absolute atomic E-state index is 0.00160. The molecule has 2 rings (SSSR count). The summed E-state index contributed by atoms with van der Waals surface area (Å²) in [7, 11) is -1.95. The average molecular weight is 397 g/mol. The summed E-state index contributed by atoms with van der Waals surface area (Å²) in [4.78, 5) is 1.17. The van der Waals surface area contributed by atoms with Gasteiger partial charge in [0.25, 0.3) is 0 Å². The Kier molecular flexibility index (Phi) is 5.84. The van der Waals surface area contributed by atoms with E-state index in [1.54, 1.807) is 17.5 Å². The highest BCUT2D eigenvalue weighted by Crippen LogP contribution is 2.39. The van der Waals surface area contributed by atoms with E-state index >= 15 is 0 Å². The van der Waals surface area contributed by atoms with Gasteiger partial charge in [-0.3, -0.25) is 0 Å². The fraction of sp³-hybridized carbons (Fsp3) is 0.692. The van der Waals surface area contributed by atoms with Gasteiger partial charge in [-0.2, -0.15) is 4.31 Å². The number of thiophene rings is 1. The third kappa shape index (κ3) is 3.86. The third-order valence-corrected chi connectivity index (χ3v) is 8.03. The van der Waals surface area contributed by atoms with Gasteiger partial charge in [-0.05, 0) is 47.7 Å². The topological polar surface area (TPSA) is 72.6 Å². The number of hydrogen-bond acceptors (Lipinski definition) is 5. The number of halogens is 1. The van der Waals surface area contributed by atoms with Crippen LogP contribution in [0.1, 0.15) is 24.6 Å². The first-order valence-electron chi connectivity index (χ1n) is 6.90. The highest BCUT2D eigenvalue weighted by molar-refractivity contribution is 9.11. The van der Waals surface area contributed by atoms with Crippen LogP contribution in [0.2, 0.25) is 0 Å².